The average molecular weight is 420 g/mol. The number of aromatic amines is 1. The second-order valence-corrected chi connectivity index (χ2v) is 6.77. The van der Waals surface area contributed by atoms with Gasteiger partial charge in [0.05, 0.1) is 34.6 Å². The molecule has 11 heteroatoms. The maximum absolute atomic E-state index is 12.2. The number of hydrogen-bond donors (Lipinski definition) is 2. The number of nitrogens with zero attached hydrogens (tertiary/aromatic N) is 3. The second kappa shape index (κ2) is 8.72. The SMILES string of the molecule is COc1cc([N+](=O)[O-])ccc1NC(=O)CSc1n[nH]c(-c2ccccc2Cl)n1. The molecule has 1 heterocycles. The van der Waals surface area contributed by atoms with Crippen molar-refractivity contribution in [3.05, 3.63) is 57.6 Å². The number of thioether (sulfide) groups is 1. The maximum Gasteiger partial charge on any atom is 0.273 e. The summed E-state index contributed by atoms with van der Waals surface area (Å²) in [7, 11) is 1.37. The predicted molar refractivity (Wildman–Crippen MR) is 106 cm³/mol. The van der Waals surface area contributed by atoms with Crippen LogP contribution in [0.15, 0.2) is 47.6 Å². The van der Waals surface area contributed by atoms with Gasteiger partial charge in [-0.25, -0.2) is 4.98 Å². The van der Waals surface area contributed by atoms with Crippen LogP contribution in [0.1, 0.15) is 0 Å². The van der Waals surface area contributed by atoms with Gasteiger partial charge in [-0.05, 0) is 18.2 Å². The number of benzene rings is 2. The molecule has 0 saturated heterocycles. The summed E-state index contributed by atoms with van der Waals surface area (Å²) in [5.41, 5.74) is 0.922. The van der Waals surface area contributed by atoms with E-state index in [1.165, 1.54) is 25.3 Å². The second-order valence-electron chi connectivity index (χ2n) is 5.42. The summed E-state index contributed by atoms with van der Waals surface area (Å²) < 4.78 is 5.10. The van der Waals surface area contributed by atoms with Gasteiger partial charge in [0.2, 0.25) is 11.1 Å². The first-order valence-corrected chi connectivity index (χ1v) is 9.26. The molecule has 3 rings (SSSR count). The fourth-order valence-electron chi connectivity index (χ4n) is 2.30. The third-order valence-electron chi connectivity index (χ3n) is 3.60. The molecule has 0 saturated carbocycles. The first kappa shape index (κ1) is 19.6. The molecule has 0 spiro atoms. The van der Waals surface area contributed by atoms with Crippen molar-refractivity contribution in [1.29, 1.82) is 0 Å². The van der Waals surface area contributed by atoms with E-state index in [1.54, 1.807) is 6.07 Å². The van der Waals surface area contributed by atoms with E-state index in [1.807, 2.05) is 18.2 Å². The summed E-state index contributed by atoms with van der Waals surface area (Å²) in [4.78, 5) is 26.8. The summed E-state index contributed by atoms with van der Waals surface area (Å²) in [6.07, 6.45) is 0. The Morgan fingerprint density at radius 2 is 2.14 bits per heavy atom. The molecule has 144 valence electrons. The Morgan fingerprint density at radius 1 is 1.36 bits per heavy atom. The molecular formula is C17H14ClN5O4S. The number of nitro groups is 1. The number of ether oxygens (including phenoxy) is 1. The molecule has 0 bridgehead atoms. The summed E-state index contributed by atoms with van der Waals surface area (Å²) in [6.45, 7) is 0. The van der Waals surface area contributed by atoms with Gasteiger partial charge in [-0.15, -0.1) is 5.10 Å². The number of nitrogens with one attached hydrogen (secondary N) is 2. The summed E-state index contributed by atoms with van der Waals surface area (Å²) in [6, 6.07) is 11.2. The Morgan fingerprint density at radius 3 is 2.86 bits per heavy atom. The minimum Gasteiger partial charge on any atom is -0.494 e. The van der Waals surface area contributed by atoms with E-state index >= 15 is 0 Å². The first-order chi connectivity index (χ1) is 13.5. The van der Waals surface area contributed by atoms with Crippen molar-refractivity contribution in [3.8, 4) is 17.1 Å². The van der Waals surface area contributed by atoms with Crippen LogP contribution in [0.3, 0.4) is 0 Å². The number of methoxy groups -OCH3 is 1. The minimum absolute atomic E-state index is 0.0416. The average Bonchev–Trinajstić information content (AvgIpc) is 3.15. The van der Waals surface area contributed by atoms with Gasteiger partial charge in [0.15, 0.2) is 5.82 Å². The van der Waals surface area contributed by atoms with Crippen molar-refractivity contribution >= 4 is 40.6 Å². The summed E-state index contributed by atoms with van der Waals surface area (Å²) in [5.74, 6) is 0.415. The highest BCUT2D eigenvalue weighted by Gasteiger charge is 2.15. The molecule has 2 aromatic carbocycles. The minimum atomic E-state index is -0.538. The highest BCUT2D eigenvalue weighted by Crippen LogP contribution is 2.29. The number of halogens is 1. The fraction of sp³-hybridized carbons (Fsp3) is 0.118. The number of amides is 1. The van der Waals surface area contributed by atoms with Gasteiger partial charge in [0.1, 0.15) is 5.75 Å². The molecule has 0 aliphatic carbocycles. The van der Waals surface area contributed by atoms with E-state index in [2.05, 4.69) is 20.5 Å². The number of aromatic nitrogens is 3. The molecule has 1 aromatic heterocycles. The van der Waals surface area contributed by atoms with Crippen molar-refractivity contribution in [2.75, 3.05) is 18.2 Å². The standard InChI is InChI=1S/C17H14ClN5O4S/c1-27-14-8-10(23(25)26)6-7-13(14)19-15(24)9-28-17-20-16(21-22-17)11-4-2-3-5-12(11)18/h2-8H,9H2,1H3,(H,19,24)(H,20,21,22). The molecule has 2 N–H and O–H groups in total. The van der Waals surface area contributed by atoms with Crippen LogP contribution in [0.4, 0.5) is 11.4 Å². The quantitative estimate of drug-likeness (QED) is 0.339. The third-order valence-corrected chi connectivity index (χ3v) is 4.77. The third kappa shape index (κ3) is 4.59. The molecule has 3 aromatic rings. The maximum atomic E-state index is 12.2. The molecule has 1 amide bonds. The van der Waals surface area contributed by atoms with Gasteiger partial charge in [0.25, 0.3) is 5.69 Å². The van der Waals surface area contributed by atoms with Crippen LogP contribution in [-0.2, 0) is 4.79 Å². The zero-order chi connectivity index (χ0) is 20.1. The van der Waals surface area contributed by atoms with E-state index in [0.29, 0.717) is 27.3 Å². The topological polar surface area (TPSA) is 123 Å². The van der Waals surface area contributed by atoms with Crippen molar-refractivity contribution in [3.63, 3.8) is 0 Å². The van der Waals surface area contributed by atoms with Crippen molar-refractivity contribution in [1.82, 2.24) is 15.2 Å². The van der Waals surface area contributed by atoms with E-state index in [4.69, 9.17) is 16.3 Å². The number of H-pyrrole nitrogens is 1. The number of hydrogen-bond acceptors (Lipinski definition) is 7. The normalized spacial score (nSPS) is 10.5. The van der Waals surface area contributed by atoms with Crippen LogP contribution in [0.5, 0.6) is 5.75 Å². The summed E-state index contributed by atoms with van der Waals surface area (Å²) in [5, 5.41) is 21.3. The summed E-state index contributed by atoms with van der Waals surface area (Å²) >= 11 is 7.27. The molecule has 0 aliphatic rings. The predicted octanol–water partition coefficient (Wildman–Crippen LogP) is 3.77. The molecule has 28 heavy (non-hydrogen) atoms. The zero-order valence-electron chi connectivity index (χ0n) is 14.5. The first-order valence-electron chi connectivity index (χ1n) is 7.90. The van der Waals surface area contributed by atoms with E-state index < -0.39 is 4.92 Å². The van der Waals surface area contributed by atoms with E-state index in [-0.39, 0.29) is 23.1 Å². The number of carbonyl (C=O) groups is 1. The lowest BCUT2D eigenvalue weighted by atomic mass is 10.2. The monoisotopic (exact) mass is 419 g/mol. The van der Waals surface area contributed by atoms with Crippen LogP contribution < -0.4 is 10.1 Å². The number of anilines is 1. The van der Waals surface area contributed by atoms with Gasteiger partial charge >= 0.3 is 0 Å². The lowest BCUT2D eigenvalue weighted by Gasteiger charge is -2.09. The highest BCUT2D eigenvalue weighted by atomic mass is 35.5. The molecule has 0 atom stereocenters. The van der Waals surface area contributed by atoms with E-state index in [0.717, 1.165) is 11.8 Å². The van der Waals surface area contributed by atoms with Crippen molar-refractivity contribution in [2.45, 2.75) is 5.16 Å². The van der Waals surface area contributed by atoms with Gasteiger partial charge in [-0.2, -0.15) is 0 Å². The van der Waals surface area contributed by atoms with Gasteiger partial charge in [0, 0.05) is 11.6 Å². The van der Waals surface area contributed by atoms with Crippen molar-refractivity contribution in [2.24, 2.45) is 0 Å². The number of non-ortho nitro benzene ring substituents is 1. The molecule has 0 fully saturated rings. The Labute approximate surface area is 168 Å². The Balaban J connectivity index is 1.62. The molecule has 0 aliphatic heterocycles. The fourth-order valence-corrected chi connectivity index (χ4v) is 3.12. The molecule has 9 nitrogen and oxygen atoms in total. The lowest BCUT2D eigenvalue weighted by Crippen LogP contribution is -2.14. The van der Waals surface area contributed by atoms with Crippen LogP contribution in [-0.4, -0.2) is 38.9 Å². The van der Waals surface area contributed by atoms with Gasteiger partial charge < -0.3 is 10.1 Å². The Kier molecular flexibility index (Phi) is 6.12. The van der Waals surface area contributed by atoms with E-state index in [9.17, 15) is 14.9 Å². The Bertz CT molecular complexity index is 1030. The Hall–Kier alpha value is -3.11. The number of carbonyl (C=O) groups excluding carboxylic acids is 1. The lowest BCUT2D eigenvalue weighted by molar-refractivity contribution is -0.384. The number of rotatable bonds is 7. The highest BCUT2D eigenvalue weighted by molar-refractivity contribution is 7.99. The largest absolute Gasteiger partial charge is 0.494 e. The van der Waals surface area contributed by atoms with Gasteiger partial charge in [-0.1, -0.05) is 35.5 Å². The van der Waals surface area contributed by atoms with Crippen LogP contribution in [0, 0.1) is 10.1 Å². The molecule has 0 unspecified atom stereocenters. The van der Waals surface area contributed by atoms with Crippen molar-refractivity contribution < 1.29 is 14.5 Å². The van der Waals surface area contributed by atoms with Gasteiger partial charge in [-0.3, -0.25) is 20.0 Å². The molecular weight excluding hydrogens is 406 g/mol. The van der Waals surface area contributed by atoms with Crippen LogP contribution in [0.25, 0.3) is 11.4 Å². The zero-order valence-corrected chi connectivity index (χ0v) is 16.1. The smallest absolute Gasteiger partial charge is 0.273 e. The van der Waals surface area contributed by atoms with Crippen LogP contribution >= 0.6 is 23.4 Å². The van der Waals surface area contributed by atoms with Crippen LogP contribution in [0.2, 0.25) is 5.02 Å². The number of nitro benzene ring substituents is 1. The molecule has 0 radical (unpaired) electrons.